The molecule has 3 rings (SSSR count). The minimum atomic E-state index is -0.473. The molecule has 0 bridgehead atoms. The lowest BCUT2D eigenvalue weighted by Crippen LogP contribution is -2.17. The molecule has 3 aromatic rings. The van der Waals surface area contributed by atoms with E-state index in [1.54, 1.807) is 25.4 Å². The smallest absolute Gasteiger partial charge is 0.311 e. The number of benzene rings is 2. The van der Waals surface area contributed by atoms with Crippen molar-refractivity contribution in [2.45, 2.75) is 6.04 Å². The number of nitro groups is 1. The third kappa shape index (κ3) is 3.69. The molecule has 8 nitrogen and oxygen atoms in total. The Labute approximate surface area is 156 Å². The van der Waals surface area contributed by atoms with Gasteiger partial charge in [-0.25, -0.2) is 4.98 Å². The van der Waals surface area contributed by atoms with E-state index >= 15 is 0 Å². The van der Waals surface area contributed by atoms with Crippen LogP contribution in [0.4, 0.5) is 11.4 Å². The number of nitrogens with one attached hydrogen (secondary N) is 1. The summed E-state index contributed by atoms with van der Waals surface area (Å²) in [6, 6.07) is 12.0. The molecule has 8 heteroatoms. The van der Waals surface area contributed by atoms with Crippen LogP contribution < -0.4 is 14.8 Å². The third-order valence-electron chi connectivity index (χ3n) is 4.25. The van der Waals surface area contributed by atoms with Crippen molar-refractivity contribution in [2.24, 2.45) is 7.05 Å². The first-order valence-electron chi connectivity index (χ1n) is 8.24. The fourth-order valence-corrected chi connectivity index (χ4v) is 2.93. The maximum atomic E-state index is 11.1. The van der Waals surface area contributed by atoms with Crippen LogP contribution in [0.3, 0.4) is 0 Å². The number of hydrogen-bond acceptors (Lipinski definition) is 6. The van der Waals surface area contributed by atoms with Gasteiger partial charge in [0.05, 0.1) is 19.1 Å². The number of anilines is 1. The van der Waals surface area contributed by atoms with Crippen LogP contribution in [0.2, 0.25) is 0 Å². The van der Waals surface area contributed by atoms with E-state index in [0.29, 0.717) is 11.4 Å². The van der Waals surface area contributed by atoms with E-state index in [2.05, 4.69) is 10.3 Å². The van der Waals surface area contributed by atoms with E-state index in [1.807, 2.05) is 42.1 Å². The van der Waals surface area contributed by atoms with Crippen LogP contribution >= 0.6 is 0 Å². The van der Waals surface area contributed by atoms with Gasteiger partial charge in [0.25, 0.3) is 0 Å². The van der Waals surface area contributed by atoms with Crippen molar-refractivity contribution >= 4 is 11.4 Å². The molecular weight excluding hydrogens is 348 g/mol. The number of methoxy groups -OCH3 is 2. The molecule has 27 heavy (non-hydrogen) atoms. The monoisotopic (exact) mass is 368 g/mol. The predicted octanol–water partition coefficient (Wildman–Crippen LogP) is 3.55. The summed E-state index contributed by atoms with van der Waals surface area (Å²) in [6.07, 6.45) is 3.58. The molecule has 0 saturated heterocycles. The van der Waals surface area contributed by atoms with Crippen molar-refractivity contribution in [1.29, 1.82) is 0 Å². The van der Waals surface area contributed by atoms with Crippen LogP contribution in [0, 0.1) is 10.1 Å². The molecule has 0 fully saturated rings. The Morgan fingerprint density at radius 3 is 2.52 bits per heavy atom. The van der Waals surface area contributed by atoms with Gasteiger partial charge in [-0.3, -0.25) is 10.1 Å². The molecule has 0 radical (unpaired) electrons. The first-order chi connectivity index (χ1) is 13.0. The lowest BCUT2D eigenvalue weighted by atomic mass is 10.0. The van der Waals surface area contributed by atoms with Crippen molar-refractivity contribution in [2.75, 3.05) is 19.5 Å². The highest BCUT2D eigenvalue weighted by atomic mass is 16.6. The maximum Gasteiger partial charge on any atom is 0.311 e. The fourth-order valence-electron chi connectivity index (χ4n) is 2.93. The minimum absolute atomic E-state index is 0.0890. The molecular formula is C19H20N4O4. The van der Waals surface area contributed by atoms with Crippen molar-refractivity contribution in [3.8, 4) is 11.5 Å². The largest absolute Gasteiger partial charge is 0.496 e. The second kappa shape index (κ2) is 7.77. The average molecular weight is 368 g/mol. The highest BCUT2D eigenvalue weighted by Crippen LogP contribution is 2.35. The summed E-state index contributed by atoms with van der Waals surface area (Å²) in [5, 5.41) is 14.5. The Bertz CT molecular complexity index is 954. The quantitative estimate of drug-likeness (QED) is 0.506. The fraction of sp³-hybridized carbons (Fsp3) is 0.211. The zero-order chi connectivity index (χ0) is 19.4. The van der Waals surface area contributed by atoms with E-state index in [-0.39, 0.29) is 17.5 Å². The van der Waals surface area contributed by atoms with Gasteiger partial charge in [-0.1, -0.05) is 18.2 Å². The molecule has 0 amide bonds. The Kier molecular flexibility index (Phi) is 5.25. The number of nitro benzene ring substituents is 1. The number of aromatic nitrogens is 2. The molecule has 0 aliphatic heterocycles. The summed E-state index contributed by atoms with van der Waals surface area (Å²) < 4.78 is 12.6. The zero-order valence-corrected chi connectivity index (χ0v) is 15.2. The molecule has 1 atom stereocenters. The van der Waals surface area contributed by atoms with Gasteiger partial charge in [0.1, 0.15) is 17.6 Å². The van der Waals surface area contributed by atoms with E-state index in [4.69, 9.17) is 9.47 Å². The highest BCUT2D eigenvalue weighted by molar-refractivity contribution is 5.60. The third-order valence-corrected chi connectivity index (χ3v) is 4.25. The van der Waals surface area contributed by atoms with E-state index in [0.717, 1.165) is 11.4 Å². The van der Waals surface area contributed by atoms with Crippen LogP contribution in [0.25, 0.3) is 0 Å². The van der Waals surface area contributed by atoms with Crippen LogP contribution in [-0.2, 0) is 7.05 Å². The molecule has 0 spiro atoms. The normalized spacial score (nSPS) is 11.7. The number of nitrogens with zero attached hydrogens (tertiary/aromatic N) is 3. The van der Waals surface area contributed by atoms with Gasteiger partial charge in [-0.05, 0) is 12.1 Å². The van der Waals surface area contributed by atoms with E-state index in [9.17, 15) is 10.1 Å². The summed E-state index contributed by atoms with van der Waals surface area (Å²) in [4.78, 5) is 15.1. The van der Waals surface area contributed by atoms with Gasteiger partial charge >= 0.3 is 5.69 Å². The number of ether oxygens (including phenoxy) is 2. The Morgan fingerprint density at radius 2 is 1.89 bits per heavy atom. The van der Waals surface area contributed by atoms with Gasteiger partial charge in [-0.2, -0.15) is 0 Å². The number of hydrogen-bond donors (Lipinski definition) is 1. The van der Waals surface area contributed by atoms with E-state index in [1.165, 1.54) is 13.2 Å². The lowest BCUT2D eigenvalue weighted by molar-refractivity contribution is -0.385. The molecule has 1 heterocycles. The van der Waals surface area contributed by atoms with Crippen LogP contribution in [-0.4, -0.2) is 28.7 Å². The summed E-state index contributed by atoms with van der Waals surface area (Å²) in [5.41, 5.74) is 1.47. The molecule has 1 aromatic heterocycles. The predicted molar refractivity (Wildman–Crippen MR) is 101 cm³/mol. The number of para-hydroxylation sites is 1. The topological polar surface area (TPSA) is 91.4 Å². The second-order valence-corrected chi connectivity index (χ2v) is 5.86. The van der Waals surface area contributed by atoms with Crippen LogP contribution in [0.1, 0.15) is 17.4 Å². The first kappa shape index (κ1) is 18.2. The molecule has 2 aromatic carbocycles. The number of imidazole rings is 1. The summed E-state index contributed by atoms with van der Waals surface area (Å²) >= 11 is 0. The van der Waals surface area contributed by atoms with Gasteiger partial charge in [0.15, 0.2) is 5.75 Å². The van der Waals surface area contributed by atoms with E-state index < -0.39 is 4.92 Å². The lowest BCUT2D eigenvalue weighted by Gasteiger charge is -2.22. The van der Waals surface area contributed by atoms with Crippen LogP contribution in [0.5, 0.6) is 11.5 Å². The SMILES string of the molecule is COc1ccccc1C(Nc1ccc([N+](=O)[O-])c(OC)c1)c1nccn1C. The Morgan fingerprint density at radius 1 is 1.15 bits per heavy atom. The van der Waals surface area contributed by atoms with Gasteiger partial charge in [-0.15, -0.1) is 0 Å². The van der Waals surface area contributed by atoms with Crippen molar-refractivity contribution in [1.82, 2.24) is 9.55 Å². The summed E-state index contributed by atoms with van der Waals surface area (Å²) in [7, 11) is 4.93. The van der Waals surface area contributed by atoms with Gasteiger partial charge < -0.3 is 19.4 Å². The standard InChI is InChI=1S/C19H20N4O4/c1-22-11-10-20-19(22)18(14-6-4-5-7-16(14)26-2)21-13-8-9-15(23(24)25)17(12-13)27-3/h4-12,18,21H,1-3H3. The summed E-state index contributed by atoms with van der Waals surface area (Å²) in [6.45, 7) is 0. The Balaban J connectivity index is 2.05. The van der Waals surface area contributed by atoms with Crippen molar-refractivity contribution in [3.05, 3.63) is 76.4 Å². The summed E-state index contributed by atoms with van der Waals surface area (Å²) in [5.74, 6) is 1.67. The van der Waals surface area contributed by atoms with Crippen molar-refractivity contribution < 1.29 is 14.4 Å². The first-order valence-corrected chi connectivity index (χ1v) is 8.24. The molecule has 1 N–H and O–H groups in total. The number of rotatable bonds is 7. The molecule has 0 aliphatic carbocycles. The highest BCUT2D eigenvalue weighted by Gasteiger charge is 2.23. The number of aryl methyl sites for hydroxylation is 1. The van der Waals surface area contributed by atoms with Crippen molar-refractivity contribution in [3.63, 3.8) is 0 Å². The Hall–Kier alpha value is -3.55. The van der Waals surface area contributed by atoms with Crippen LogP contribution in [0.15, 0.2) is 54.9 Å². The molecule has 1 unspecified atom stereocenters. The average Bonchev–Trinajstić information content (AvgIpc) is 3.11. The molecule has 0 aliphatic rings. The zero-order valence-electron chi connectivity index (χ0n) is 15.2. The molecule has 140 valence electrons. The van der Waals surface area contributed by atoms with Gasteiger partial charge in [0, 0.05) is 42.8 Å². The van der Waals surface area contributed by atoms with Gasteiger partial charge in [0.2, 0.25) is 0 Å². The minimum Gasteiger partial charge on any atom is -0.496 e. The molecule has 0 saturated carbocycles. The maximum absolute atomic E-state index is 11.1. The second-order valence-electron chi connectivity index (χ2n) is 5.86.